The Labute approximate surface area is 131 Å². The second-order valence-electron chi connectivity index (χ2n) is 6.48. The molecule has 2 fully saturated rings. The van der Waals surface area contributed by atoms with Crippen molar-refractivity contribution in [2.75, 3.05) is 19.7 Å². The molecule has 2 aliphatic rings. The molecule has 0 saturated carbocycles. The summed E-state index contributed by atoms with van der Waals surface area (Å²) in [6.45, 7) is 4.60. The molecule has 122 valence electrons. The molecule has 1 aromatic heterocycles. The minimum Gasteiger partial charge on any atom is -0.378 e. The second-order valence-corrected chi connectivity index (χ2v) is 6.48. The minimum atomic E-state index is -0.556. The van der Waals surface area contributed by atoms with Crippen molar-refractivity contribution in [2.24, 2.45) is 0 Å². The van der Waals surface area contributed by atoms with Crippen LogP contribution in [-0.2, 0) is 15.1 Å². The van der Waals surface area contributed by atoms with Gasteiger partial charge in [0.2, 0.25) is 5.91 Å². The van der Waals surface area contributed by atoms with Crippen molar-refractivity contribution in [3.8, 4) is 0 Å². The number of nitrogens with zero attached hydrogens (tertiary/aromatic N) is 2. The summed E-state index contributed by atoms with van der Waals surface area (Å²) < 4.78 is 7.50. The van der Waals surface area contributed by atoms with E-state index in [1.165, 1.54) is 0 Å². The molecule has 1 amide bonds. The van der Waals surface area contributed by atoms with Crippen LogP contribution in [0.5, 0.6) is 0 Å². The van der Waals surface area contributed by atoms with Crippen molar-refractivity contribution in [2.45, 2.75) is 56.7 Å². The minimum absolute atomic E-state index is 0.0863. The van der Waals surface area contributed by atoms with E-state index in [4.69, 9.17) is 4.74 Å². The Hall–Kier alpha value is -1.40. The number of carbonyl (C=O) groups excluding carboxylic acids is 1. The largest absolute Gasteiger partial charge is 0.378 e. The van der Waals surface area contributed by atoms with Gasteiger partial charge in [0.1, 0.15) is 5.54 Å². The van der Waals surface area contributed by atoms with Crippen molar-refractivity contribution < 1.29 is 9.53 Å². The predicted molar refractivity (Wildman–Crippen MR) is 83.5 cm³/mol. The molecule has 2 aliphatic heterocycles. The molecule has 3 rings (SSSR count). The number of nitrogens with one attached hydrogen (secondary N) is 2. The van der Waals surface area contributed by atoms with Gasteiger partial charge in [-0.3, -0.25) is 9.48 Å². The van der Waals surface area contributed by atoms with E-state index < -0.39 is 5.54 Å². The van der Waals surface area contributed by atoms with Gasteiger partial charge in [-0.05, 0) is 58.2 Å². The molecule has 1 aromatic rings. The molecule has 0 spiro atoms. The summed E-state index contributed by atoms with van der Waals surface area (Å²) in [5, 5.41) is 10.9. The van der Waals surface area contributed by atoms with Crippen molar-refractivity contribution in [3.63, 3.8) is 0 Å². The van der Waals surface area contributed by atoms with E-state index in [9.17, 15) is 4.79 Å². The fraction of sp³-hybridized carbons (Fsp3) is 0.750. The standard InChI is InChI=1S/C16H26N4O2/c1-13(12-14-4-2-11-22-14)19-15(21)16(5-8-17-9-6-16)20-10-3-7-18-20/h3,7,10,13-14,17H,2,4-6,8-9,11-12H2,1H3,(H,19,21). The van der Waals surface area contributed by atoms with Crippen LogP contribution < -0.4 is 10.6 Å². The highest BCUT2D eigenvalue weighted by molar-refractivity contribution is 5.84. The summed E-state index contributed by atoms with van der Waals surface area (Å²) in [7, 11) is 0. The van der Waals surface area contributed by atoms with Crippen molar-refractivity contribution >= 4 is 5.91 Å². The third-order valence-corrected chi connectivity index (χ3v) is 4.81. The molecule has 0 aromatic carbocycles. The summed E-state index contributed by atoms with van der Waals surface area (Å²) in [5.74, 6) is 0.0863. The topological polar surface area (TPSA) is 68.2 Å². The lowest BCUT2D eigenvalue weighted by Crippen LogP contribution is -2.56. The quantitative estimate of drug-likeness (QED) is 0.853. The van der Waals surface area contributed by atoms with E-state index in [2.05, 4.69) is 22.7 Å². The predicted octanol–water partition coefficient (Wildman–Crippen LogP) is 1.04. The normalized spacial score (nSPS) is 25.8. The monoisotopic (exact) mass is 306 g/mol. The van der Waals surface area contributed by atoms with E-state index in [1.807, 2.05) is 16.9 Å². The Bertz CT molecular complexity index is 476. The molecular weight excluding hydrogens is 280 g/mol. The van der Waals surface area contributed by atoms with Crippen molar-refractivity contribution in [1.29, 1.82) is 0 Å². The Balaban J connectivity index is 1.67. The lowest BCUT2D eigenvalue weighted by atomic mass is 9.87. The number of hydrogen-bond donors (Lipinski definition) is 2. The molecule has 2 saturated heterocycles. The zero-order chi connectivity index (χ0) is 15.4. The van der Waals surface area contributed by atoms with Crippen molar-refractivity contribution in [3.05, 3.63) is 18.5 Å². The highest BCUT2D eigenvalue weighted by Gasteiger charge is 2.42. The molecule has 6 heteroatoms. The summed E-state index contributed by atoms with van der Waals surface area (Å²) >= 11 is 0. The maximum atomic E-state index is 13.0. The lowest BCUT2D eigenvalue weighted by molar-refractivity contribution is -0.132. The van der Waals surface area contributed by atoms with Crippen LogP contribution in [0.3, 0.4) is 0 Å². The first-order chi connectivity index (χ1) is 10.7. The average molecular weight is 306 g/mol. The van der Waals surface area contributed by atoms with E-state index >= 15 is 0 Å². The van der Waals surface area contributed by atoms with E-state index in [0.29, 0.717) is 6.10 Å². The maximum absolute atomic E-state index is 13.0. The summed E-state index contributed by atoms with van der Waals surface area (Å²) in [6, 6.07) is 2.00. The highest BCUT2D eigenvalue weighted by Crippen LogP contribution is 2.27. The van der Waals surface area contributed by atoms with Crippen LogP contribution in [-0.4, -0.2) is 47.5 Å². The van der Waals surface area contributed by atoms with Crippen molar-refractivity contribution in [1.82, 2.24) is 20.4 Å². The van der Waals surface area contributed by atoms with E-state index in [-0.39, 0.29) is 11.9 Å². The van der Waals surface area contributed by atoms with Crippen LogP contribution in [0.2, 0.25) is 0 Å². The third kappa shape index (κ3) is 3.17. The second kappa shape index (κ2) is 6.79. The van der Waals surface area contributed by atoms with Gasteiger partial charge in [0.05, 0.1) is 6.10 Å². The average Bonchev–Trinajstić information content (AvgIpc) is 3.21. The fourth-order valence-corrected chi connectivity index (χ4v) is 3.56. The molecule has 6 nitrogen and oxygen atoms in total. The summed E-state index contributed by atoms with van der Waals surface area (Å²) in [4.78, 5) is 13.0. The van der Waals surface area contributed by atoms with Gasteiger partial charge in [0.25, 0.3) is 0 Å². The summed E-state index contributed by atoms with van der Waals surface area (Å²) in [6.07, 6.45) is 8.61. The molecule has 0 bridgehead atoms. The van der Waals surface area contributed by atoms with Gasteiger partial charge in [-0.25, -0.2) is 0 Å². The number of rotatable bonds is 5. The van der Waals surface area contributed by atoms with Gasteiger partial charge in [-0.15, -0.1) is 0 Å². The van der Waals surface area contributed by atoms with E-state index in [1.54, 1.807) is 6.20 Å². The molecule has 2 N–H and O–H groups in total. The first-order valence-electron chi connectivity index (χ1n) is 8.34. The van der Waals surface area contributed by atoms with E-state index in [0.717, 1.165) is 51.8 Å². The third-order valence-electron chi connectivity index (χ3n) is 4.81. The maximum Gasteiger partial charge on any atom is 0.248 e. The molecule has 0 aliphatic carbocycles. The molecular formula is C16H26N4O2. The number of aromatic nitrogens is 2. The SMILES string of the molecule is CC(CC1CCCO1)NC(=O)C1(n2cccn2)CCNCC1. The van der Waals surface area contributed by atoms with Gasteiger partial charge in [0, 0.05) is 25.0 Å². The van der Waals surface area contributed by atoms with Crippen LogP contribution in [0.4, 0.5) is 0 Å². The Morgan fingerprint density at radius 3 is 3.00 bits per heavy atom. The zero-order valence-electron chi connectivity index (χ0n) is 13.3. The van der Waals surface area contributed by atoms with Crippen LogP contribution >= 0.6 is 0 Å². The van der Waals surface area contributed by atoms with Gasteiger partial charge in [-0.1, -0.05) is 0 Å². The fourth-order valence-electron chi connectivity index (χ4n) is 3.56. The van der Waals surface area contributed by atoms with Gasteiger partial charge < -0.3 is 15.4 Å². The zero-order valence-corrected chi connectivity index (χ0v) is 13.3. The number of hydrogen-bond acceptors (Lipinski definition) is 4. The number of amides is 1. The Morgan fingerprint density at radius 2 is 2.36 bits per heavy atom. The highest BCUT2D eigenvalue weighted by atomic mass is 16.5. The van der Waals surface area contributed by atoms with Crippen LogP contribution in [0.15, 0.2) is 18.5 Å². The molecule has 22 heavy (non-hydrogen) atoms. The Morgan fingerprint density at radius 1 is 1.55 bits per heavy atom. The smallest absolute Gasteiger partial charge is 0.248 e. The Kier molecular flexibility index (Phi) is 4.78. The van der Waals surface area contributed by atoms with Crippen LogP contribution in [0, 0.1) is 0 Å². The van der Waals surface area contributed by atoms with Crippen LogP contribution in [0.25, 0.3) is 0 Å². The van der Waals surface area contributed by atoms with Gasteiger partial charge in [0.15, 0.2) is 0 Å². The molecule has 0 radical (unpaired) electrons. The lowest BCUT2D eigenvalue weighted by Gasteiger charge is -2.37. The van der Waals surface area contributed by atoms with Crippen LogP contribution in [0.1, 0.15) is 39.0 Å². The first kappa shape index (κ1) is 15.5. The molecule has 2 unspecified atom stereocenters. The molecule has 2 atom stereocenters. The summed E-state index contributed by atoms with van der Waals surface area (Å²) in [5.41, 5.74) is -0.556. The number of piperidine rings is 1. The van der Waals surface area contributed by atoms with Gasteiger partial charge in [-0.2, -0.15) is 5.10 Å². The first-order valence-corrected chi connectivity index (χ1v) is 8.34. The number of ether oxygens (including phenoxy) is 1. The van der Waals surface area contributed by atoms with Gasteiger partial charge >= 0.3 is 0 Å². The molecule has 3 heterocycles. The number of carbonyl (C=O) groups is 1.